The second-order valence-electron chi connectivity index (χ2n) is 3.57. The molecule has 2 aromatic rings. The smallest absolute Gasteiger partial charge is 0.283 e. The lowest BCUT2D eigenvalue weighted by Crippen LogP contribution is -2.04. The molecule has 1 aromatic heterocycles. The van der Waals surface area contributed by atoms with Crippen LogP contribution >= 0.6 is 23.4 Å². The number of hydrogen-bond acceptors (Lipinski definition) is 7. The van der Waals surface area contributed by atoms with Crippen LogP contribution in [0.15, 0.2) is 34.3 Å². The number of anilines is 1. The summed E-state index contributed by atoms with van der Waals surface area (Å²) in [6.07, 6.45) is 0. The lowest BCUT2D eigenvalue weighted by Gasteiger charge is -2.05. The lowest BCUT2D eigenvalue weighted by atomic mass is 10.3. The molecule has 1 N–H and O–H groups in total. The van der Waals surface area contributed by atoms with Crippen molar-refractivity contribution in [1.82, 2.24) is 15.0 Å². The third-order valence-electron chi connectivity index (χ3n) is 2.19. The Morgan fingerprint density at radius 1 is 1.35 bits per heavy atom. The summed E-state index contributed by atoms with van der Waals surface area (Å²) in [5.74, 6) is 0.341. The predicted molar refractivity (Wildman–Crippen MR) is 76.2 cm³/mol. The first kappa shape index (κ1) is 14.5. The fourth-order valence-electron chi connectivity index (χ4n) is 1.41. The minimum atomic E-state index is -0.448. The van der Waals surface area contributed by atoms with Gasteiger partial charge < -0.3 is 5.32 Å². The second kappa shape index (κ2) is 6.49. The average Bonchev–Trinajstić information content (AvgIpc) is 2.38. The number of nitro groups is 1. The highest BCUT2D eigenvalue weighted by Gasteiger charge is 2.15. The molecule has 0 saturated heterocycles. The van der Waals surface area contributed by atoms with Gasteiger partial charge >= 0.3 is 0 Å². The van der Waals surface area contributed by atoms with Crippen LogP contribution in [0.4, 0.5) is 11.6 Å². The zero-order valence-corrected chi connectivity index (χ0v) is 12.0. The summed E-state index contributed by atoms with van der Waals surface area (Å²) in [4.78, 5) is 23.0. The van der Waals surface area contributed by atoms with E-state index in [2.05, 4.69) is 20.3 Å². The first-order valence-electron chi connectivity index (χ1n) is 5.67. The van der Waals surface area contributed by atoms with Crippen molar-refractivity contribution < 1.29 is 4.92 Å². The van der Waals surface area contributed by atoms with Crippen molar-refractivity contribution in [1.29, 1.82) is 0 Å². The number of rotatable bonds is 5. The van der Waals surface area contributed by atoms with Crippen LogP contribution in [-0.4, -0.2) is 26.4 Å². The van der Waals surface area contributed by atoms with Crippen LogP contribution in [0.2, 0.25) is 5.28 Å². The van der Waals surface area contributed by atoms with Crippen molar-refractivity contribution in [3.63, 3.8) is 0 Å². The van der Waals surface area contributed by atoms with Gasteiger partial charge in [0.2, 0.25) is 11.2 Å². The molecule has 0 amide bonds. The van der Waals surface area contributed by atoms with E-state index in [1.807, 2.05) is 6.92 Å². The molecule has 9 heteroatoms. The first-order valence-corrected chi connectivity index (χ1v) is 6.86. The number of nitro benzene ring substituents is 1. The van der Waals surface area contributed by atoms with Gasteiger partial charge in [-0.3, -0.25) is 10.1 Å². The molecule has 104 valence electrons. The highest BCUT2D eigenvalue weighted by atomic mass is 35.5. The molecular weight excluding hydrogens is 302 g/mol. The quantitative estimate of drug-likeness (QED) is 0.670. The largest absolute Gasteiger partial charge is 0.354 e. The van der Waals surface area contributed by atoms with Gasteiger partial charge in [-0.2, -0.15) is 15.0 Å². The Labute approximate surface area is 124 Å². The number of aromatic nitrogens is 3. The normalized spacial score (nSPS) is 10.3. The molecule has 0 bridgehead atoms. The maximum absolute atomic E-state index is 10.9. The summed E-state index contributed by atoms with van der Waals surface area (Å²) in [7, 11) is 0. The molecule has 0 unspecified atom stereocenters. The fourth-order valence-corrected chi connectivity index (χ4v) is 2.47. The van der Waals surface area contributed by atoms with Gasteiger partial charge in [0.25, 0.3) is 5.69 Å². The van der Waals surface area contributed by atoms with Crippen molar-refractivity contribution in [3.05, 3.63) is 39.7 Å². The Morgan fingerprint density at radius 2 is 2.10 bits per heavy atom. The van der Waals surface area contributed by atoms with Crippen LogP contribution in [-0.2, 0) is 0 Å². The summed E-state index contributed by atoms with van der Waals surface area (Å²) in [6, 6.07) is 6.37. The molecule has 0 saturated carbocycles. The average molecular weight is 312 g/mol. The van der Waals surface area contributed by atoms with E-state index < -0.39 is 4.92 Å². The molecule has 0 aliphatic rings. The van der Waals surface area contributed by atoms with E-state index in [1.165, 1.54) is 6.07 Å². The fraction of sp³-hybridized carbons (Fsp3) is 0.182. The van der Waals surface area contributed by atoms with Crippen LogP contribution in [0.5, 0.6) is 0 Å². The van der Waals surface area contributed by atoms with Crippen molar-refractivity contribution in [2.75, 3.05) is 11.9 Å². The third kappa shape index (κ3) is 3.55. The number of halogens is 1. The van der Waals surface area contributed by atoms with Crippen LogP contribution in [0.3, 0.4) is 0 Å². The van der Waals surface area contributed by atoms with Gasteiger partial charge in [0.05, 0.1) is 9.82 Å². The molecule has 1 heterocycles. The monoisotopic (exact) mass is 311 g/mol. The number of benzene rings is 1. The number of nitrogens with one attached hydrogen (secondary N) is 1. The van der Waals surface area contributed by atoms with Crippen molar-refractivity contribution >= 4 is 35.0 Å². The standard InChI is InChI=1S/C11H10ClN5O2S/c1-2-13-10-14-9(12)15-11(16-10)20-8-6-4-3-5-7(8)17(18)19/h3-6H,2H2,1H3,(H,13,14,15,16). The topological polar surface area (TPSA) is 93.8 Å². The molecule has 7 nitrogen and oxygen atoms in total. The van der Waals surface area contributed by atoms with Gasteiger partial charge in [-0.05, 0) is 36.4 Å². The van der Waals surface area contributed by atoms with E-state index in [9.17, 15) is 10.1 Å². The third-order valence-corrected chi connectivity index (χ3v) is 3.29. The maximum atomic E-state index is 10.9. The van der Waals surface area contributed by atoms with Crippen molar-refractivity contribution in [2.24, 2.45) is 0 Å². The van der Waals surface area contributed by atoms with E-state index >= 15 is 0 Å². The molecule has 0 radical (unpaired) electrons. The number of nitrogens with zero attached hydrogens (tertiary/aromatic N) is 4. The van der Waals surface area contributed by atoms with Crippen LogP contribution in [0.25, 0.3) is 0 Å². The van der Waals surface area contributed by atoms with E-state index in [-0.39, 0.29) is 11.0 Å². The highest BCUT2D eigenvalue weighted by molar-refractivity contribution is 7.99. The van der Waals surface area contributed by atoms with Crippen LogP contribution in [0.1, 0.15) is 6.92 Å². The minimum Gasteiger partial charge on any atom is -0.354 e. The molecule has 2 rings (SSSR count). The Morgan fingerprint density at radius 3 is 2.80 bits per heavy atom. The Hall–Kier alpha value is -1.93. The van der Waals surface area contributed by atoms with Gasteiger partial charge in [-0.1, -0.05) is 12.1 Å². The second-order valence-corrected chi connectivity index (χ2v) is 4.92. The van der Waals surface area contributed by atoms with Gasteiger partial charge in [0.1, 0.15) is 0 Å². The number of hydrogen-bond donors (Lipinski definition) is 1. The Balaban J connectivity index is 2.32. The van der Waals surface area contributed by atoms with E-state index in [4.69, 9.17) is 11.6 Å². The van der Waals surface area contributed by atoms with Crippen LogP contribution in [0, 0.1) is 10.1 Å². The molecule has 1 aromatic carbocycles. The Kier molecular flexibility index (Phi) is 4.70. The summed E-state index contributed by atoms with van der Waals surface area (Å²) in [6.45, 7) is 2.53. The van der Waals surface area contributed by atoms with Gasteiger partial charge in [0, 0.05) is 12.6 Å². The zero-order chi connectivity index (χ0) is 14.5. The summed E-state index contributed by atoms with van der Waals surface area (Å²) in [5.41, 5.74) is -0.000893. The van der Waals surface area contributed by atoms with E-state index in [0.717, 1.165) is 11.8 Å². The molecule has 0 atom stereocenters. The van der Waals surface area contributed by atoms with Crippen molar-refractivity contribution in [3.8, 4) is 0 Å². The predicted octanol–water partition coefficient (Wildman–Crippen LogP) is 3.02. The Bertz CT molecular complexity index is 640. The van der Waals surface area contributed by atoms with Crippen molar-refractivity contribution in [2.45, 2.75) is 17.0 Å². The first-order chi connectivity index (χ1) is 9.60. The maximum Gasteiger partial charge on any atom is 0.283 e. The highest BCUT2D eigenvalue weighted by Crippen LogP contribution is 2.33. The van der Waals surface area contributed by atoms with E-state index in [0.29, 0.717) is 22.5 Å². The summed E-state index contributed by atoms with van der Waals surface area (Å²) < 4.78 is 0. The molecular formula is C11H10ClN5O2S. The summed E-state index contributed by atoms with van der Waals surface area (Å²) in [5, 5.41) is 14.2. The molecule has 0 fully saturated rings. The van der Waals surface area contributed by atoms with E-state index in [1.54, 1.807) is 18.2 Å². The zero-order valence-electron chi connectivity index (χ0n) is 10.4. The van der Waals surface area contributed by atoms with Gasteiger partial charge in [-0.15, -0.1) is 0 Å². The molecule has 0 aliphatic carbocycles. The number of para-hydroxylation sites is 1. The minimum absolute atomic E-state index is 0.000893. The van der Waals surface area contributed by atoms with Crippen LogP contribution < -0.4 is 5.32 Å². The molecule has 0 spiro atoms. The molecule has 0 aliphatic heterocycles. The van der Waals surface area contributed by atoms with Gasteiger partial charge in [-0.25, -0.2) is 0 Å². The SMILES string of the molecule is CCNc1nc(Cl)nc(Sc2ccccc2[N+](=O)[O-])n1. The molecule has 20 heavy (non-hydrogen) atoms. The lowest BCUT2D eigenvalue weighted by molar-refractivity contribution is -0.387. The van der Waals surface area contributed by atoms with Gasteiger partial charge in [0.15, 0.2) is 5.16 Å². The summed E-state index contributed by atoms with van der Waals surface area (Å²) >= 11 is 6.87.